The van der Waals surface area contributed by atoms with Gasteiger partial charge in [-0.2, -0.15) is 0 Å². The van der Waals surface area contributed by atoms with Crippen LogP contribution in [0.2, 0.25) is 0 Å². The average molecular weight is 206 g/mol. The lowest BCUT2D eigenvalue weighted by atomic mass is 9.85. The van der Waals surface area contributed by atoms with Gasteiger partial charge in [-0.1, -0.05) is 44.6 Å². The van der Waals surface area contributed by atoms with Gasteiger partial charge in [0.25, 0.3) is 0 Å². The fourth-order valence-corrected chi connectivity index (χ4v) is 1.94. The first-order chi connectivity index (χ1) is 6.69. The summed E-state index contributed by atoms with van der Waals surface area (Å²) in [6.07, 6.45) is 3.30. The SMILES string of the molecule is C=C(C)C(=C/C)/C(C)=C(/C)CC(C)(C)C. The molecule has 0 aromatic carbocycles. The van der Waals surface area contributed by atoms with Gasteiger partial charge >= 0.3 is 0 Å². The summed E-state index contributed by atoms with van der Waals surface area (Å²) >= 11 is 0. The summed E-state index contributed by atoms with van der Waals surface area (Å²) in [6, 6.07) is 0. The first kappa shape index (κ1) is 14.2. The highest BCUT2D eigenvalue weighted by molar-refractivity contribution is 5.45. The lowest BCUT2D eigenvalue weighted by Crippen LogP contribution is -2.06. The van der Waals surface area contributed by atoms with Crippen LogP contribution >= 0.6 is 0 Å². The van der Waals surface area contributed by atoms with Gasteiger partial charge in [-0.15, -0.1) is 0 Å². The highest BCUT2D eigenvalue weighted by Gasteiger charge is 2.13. The van der Waals surface area contributed by atoms with Crippen molar-refractivity contribution >= 4 is 0 Å². The van der Waals surface area contributed by atoms with Crippen LogP contribution in [0.1, 0.15) is 54.9 Å². The van der Waals surface area contributed by atoms with Gasteiger partial charge in [-0.05, 0) is 50.7 Å². The van der Waals surface area contributed by atoms with Gasteiger partial charge in [0.1, 0.15) is 0 Å². The van der Waals surface area contributed by atoms with E-state index in [-0.39, 0.29) is 0 Å². The topological polar surface area (TPSA) is 0 Å². The van der Waals surface area contributed by atoms with Crippen LogP contribution < -0.4 is 0 Å². The molecule has 0 amide bonds. The van der Waals surface area contributed by atoms with E-state index in [1.807, 2.05) is 0 Å². The van der Waals surface area contributed by atoms with E-state index in [0.717, 1.165) is 12.0 Å². The lowest BCUT2D eigenvalue weighted by Gasteiger charge is -2.21. The third-order valence-corrected chi connectivity index (χ3v) is 2.59. The van der Waals surface area contributed by atoms with Crippen molar-refractivity contribution in [1.29, 1.82) is 0 Å². The Kier molecular flexibility index (Phi) is 5.07. The fraction of sp³-hybridized carbons (Fsp3) is 0.600. The summed E-state index contributed by atoms with van der Waals surface area (Å²) in [5, 5.41) is 0. The smallest absolute Gasteiger partial charge is 0.0247 e. The minimum absolute atomic E-state index is 0.360. The predicted octanol–water partition coefficient (Wildman–Crippen LogP) is 5.28. The Balaban J connectivity index is 5.02. The van der Waals surface area contributed by atoms with E-state index in [2.05, 4.69) is 61.1 Å². The standard InChI is InChI=1S/C15H26/c1-9-14(11(2)3)13(5)12(4)10-15(6,7)8/h9H,2,10H2,1,3-8H3/b13-12-,14-9-. The monoisotopic (exact) mass is 206 g/mol. The molecule has 86 valence electrons. The molecule has 0 N–H and O–H groups in total. The van der Waals surface area contributed by atoms with Crippen LogP contribution in [0.3, 0.4) is 0 Å². The molecular formula is C15H26. The zero-order chi connectivity index (χ0) is 12.2. The van der Waals surface area contributed by atoms with Gasteiger partial charge in [0, 0.05) is 0 Å². The number of rotatable bonds is 3. The molecular weight excluding hydrogens is 180 g/mol. The highest BCUT2D eigenvalue weighted by Crippen LogP contribution is 2.29. The van der Waals surface area contributed by atoms with Crippen LogP contribution in [0, 0.1) is 5.41 Å². The van der Waals surface area contributed by atoms with E-state index < -0.39 is 0 Å². The first-order valence-corrected chi connectivity index (χ1v) is 5.68. The molecule has 0 aliphatic heterocycles. The molecule has 0 atom stereocenters. The molecule has 0 fully saturated rings. The van der Waals surface area contributed by atoms with Crippen LogP contribution in [0.5, 0.6) is 0 Å². The normalized spacial score (nSPS) is 15.0. The number of allylic oxidation sites excluding steroid dienone is 5. The van der Waals surface area contributed by atoms with E-state index >= 15 is 0 Å². The molecule has 0 radical (unpaired) electrons. The number of hydrogen-bond donors (Lipinski definition) is 0. The molecule has 0 aromatic heterocycles. The van der Waals surface area contributed by atoms with Gasteiger partial charge in [-0.3, -0.25) is 0 Å². The zero-order valence-corrected chi connectivity index (χ0v) is 11.5. The summed E-state index contributed by atoms with van der Waals surface area (Å²) in [7, 11) is 0. The van der Waals surface area contributed by atoms with Crippen molar-refractivity contribution in [1.82, 2.24) is 0 Å². The van der Waals surface area contributed by atoms with Gasteiger partial charge in [0.15, 0.2) is 0 Å². The predicted molar refractivity (Wildman–Crippen MR) is 71.0 cm³/mol. The molecule has 0 heterocycles. The summed E-state index contributed by atoms with van der Waals surface area (Å²) in [5.74, 6) is 0. The Labute approximate surface area is 95.8 Å². The molecule has 0 spiro atoms. The molecule has 0 unspecified atom stereocenters. The van der Waals surface area contributed by atoms with Crippen molar-refractivity contribution in [2.24, 2.45) is 5.41 Å². The molecule has 0 aromatic rings. The molecule has 0 bridgehead atoms. The van der Waals surface area contributed by atoms with Crippen molar-refractivity contribution < 1.29 is 0 Å². The van der Waals surface area contributed by atoms with Crippen molar-refractivity contribution in [2.75, 3.05) is 0 Å². The van der Waals surface area contributed by atoms with Gasteiger partial charge in [0.05, 0.1) is 0 Å². The van der Waals surface area contributed by atoms with Crippen LogP contribution in [-0.4, -0.2) is 0 Å². The fourth-order valence-electron chi connectivity index (χ4n) is 1.94. The Morgan fingerprint density at radius 2 is 1.60 bits per heavy atom. The largest absolute Gasteiger partial charge is 0.0955 e. The first-order valence-electron chi connectivity index (χ1n) is 5.68. The Morgan fingerprint density at radius 3 is 1.87 bits per heavy atom. The highest BCUT2D eigenvalue weighted by atomic mass is 14.2. The van der Waals surface area contributed by atoms with Crippen LogP contribution in [-0.2, 0) is 0 Å². The Morgan fingerprint density at radius 1 is 1.13 bits per heavy atom. The van der Waals surface area contributed by atoms with Crippen molar-refractivity contribution in [3.63, 3.8) is 0 Å². The summed E-state index contributed by atoms with van der Waals surface area (Å²) in [5.41, 5.74) is 5.68. The van der Waals surface area contributed by atoms with Crippen LogP contribution in [0.25, 0.3) is 0 Å². The molecule has 0 saturated carbocycles. The molecule has 0 aliphatic carbocycles. The third-order valence-electron chi connectivity index (χ3n) is 2.59. The second-order valence-corrected chi connectivity index (χ2v) is 5.63. The third kappa shape index (κ3) is 5.01. The van der Waals surface area contributed by atoms with Gasteiger partial charge < -0.3 is 0 Å². The minimum atomic E-state index is 0.360. The van der Waals surface area contributed by atoms with Crippen LogP contribution in [0.4, 0.5) is 0 Å². The van der Waals surface area contributed by atoms with Gasteiger partial charge in [-0.25, -0.2) is 0 Å². The Bertz CT molecular complexity index is 292. The van der Waals surface area contributed by atoms with E-state index in [1.54, 1.807) is 0 Å². The van der Waals surface area contributed by atoms with E-state index in [9.17, 15) is 0 Å². The molecule has 0 rings (SSSR count). The second-order valence-electron chi connectivity index (χ2n) is 5.63. The van der Waals surface area contributed by atoms with Crippen molar-refractivity contribution in [2.45, 2.75) is 54.9 Å². The average Bonchev–Trinajstić information content (AvgIpc) is 2.01. The summed E-state index contributed by atoms with van der Waals surface area (Å²) < 4.78 is 0. The molecule has 0 saturated heterocycles. The van der Waals surface area contributed by atoms with E-state index in [1.165, 1.54) is 16.7 Å². The summed E-state index contributed by atoms with van der Waals surface area (Å²) in [6.45, 7) is 19.4. The number of hydrogen-bond acceptors (Lipinski definition) is 0. The molecule has 15 heavy (non-hydrogen) atoms. The minimum Gasteiger partial charge on any atom is -0.0955 e. The maximum absolute atomic E-state index is 4.02. The van der Waals surface area contributed by atoms with Gasteiger partial charge in [0.2, 0.25) is 0 Å². The lowest BCUT2D eigenvalue weighted by molar-refractivity contribution is 0.408. The van der Waals surface area contributed by atoms with Crippen molar-refractivity contribution in [3.05, 3.63) is 34.9 Å². The second kappa shape index (κ2) is 5.34. The zero-order valence-electron chi connectivity index (χ0n) is 11.5. The maximum atomic E-state index is 4.02. The molecule has 0 nitrogen and oxygen atoms in total. The van der Waals surface area contributed by atoms with Crippen molar-refractivity contribution in [3.8, 4) is 0 Å². The maximum Gasteiger partial charge on any atom is -0.0247 e. The Hall–Kier alpha value is -0.780. The van der Waals surface area contributed by atoms with Crippen LogP contribution in [0.15, 0.2) is 34.9 Å². The van der Waals surface area contributed by atoms with E-state index in [0.29, 0.717) is 5.41 Å². The quantitative estimate of drug-likeness (QED) is 0.551. The molecule has 0 heteroatoms. The molecule has 0 aliphatic rings. The summed E-state index contributed by atoms with van der Waals surface area (Å²) in [4.78, 5) is 0. The van der Waals surface area contributed by atoms with E-state index in [4.69, 9.17) is 0 Å².